The van der Waals surface area contributed by atoms with Gasteiger partial charge in [-0.1, -0.05) is 147 Å². The maximum atomic E-state index is 2.48. The Morgan fingerprint density at radius 3 is 1.60 bits per heavy atom. The van der Waals surface area contributed by atoms with E-state index in [-0.39, 0.29) is 5.41 Å². The van der Waals surface area contributed by atoms with E-state index in [4.69, 9.17) is 0 Å². The van der Waals surface area contributed by atoms with Crippen molar-refractivity contribution in [2.24, 2.45) is 0 Å². The Hall–Kier alpha value is -6.18. The van der Waals surface area contributed by atoms with E-state index in [1.54, 1.807) is 0 Å². The van der Waals surface area contributed by atoms with Crippen molar-refractivity contribution in [2.45, 2.75) is 19.3 Å². The van der Waals surface area contributed by atoms with E-state index in [9.17, 15) is 0 Å². The van der Waals surface area contributed by atoms with Gasteiger partial charge in [-0.15, -0.1) is 0 Å². The van der Waals surface area contributed by atoms with Gasteiger partial charge in [-0.3, -0.25) is 0 Å². The van der Waals surface area contributed by atoms with E-state index in [1.165, 1.54) is 98.3 Å². The van der Waals surface area contributed by atoms with E-state index < -0.39 is 0 Å². The molecule has 0 N–H and O–H groups in total. The smallest absolute Gasteiger partial charge is 0.0546 e. The third kappa shape index (κ3) is 3.62. The molecule has 1 aliphatic rings. The van der Waals surface area contributed by atoms with E-state index in [1.807, 2.05) is 0 Å². The summed E-state index contributed by atoms with van der Waals surface area (Å²) in [5.41, 5.74) is 8.85. The summed E-state index contributed by atoms with van der Waals surface area (Å²) in [6, 6.07) is 61.3. The van der Waals surface area contributed by atoms with Crippen molar-refractivity contribution in [1.29, 1.82) is 0 Å². The van der Waals surface area contributed by atoms with Crippen molar-refractivity contribution in [3.05, 3.63) is 175 Å². The highest BCUT2D eigenvalue weighted by Crippen LogP contribution is 2.52. The summed E-state index contributed by atoms with van der Waals surface area (Å²) in [5, 5.41) is 15.5. The van der Waals surface area contributed by atoms with Crippen molar-refractivity contribution < 1.29 is 0 Å². The van der Waals surface area contributed by atoms with E-state index in [0.29, 0.717) is 0 Å². The lowest BCUT2D eigenvalue weighted by atomic mass is 9.82. The van der Waals surface area contributed by atoms with Crippen LogP contribution in [0.4, 0.5) is 17.1 Å². The molecule has 0 radical (unpaired) electrons. The zero-order valence-corrected chi connectivity index (χ0v) is 28.0. The summed E-state index contributed by atoms with van der Waals surface area (Å²) in [5.74, 6) is 0. The molecule has 0 aliphatic heterocycles. The molecule has 0 unspecified atom stereocenters. The molecule has 0 amide bonds. The lowest BCUT2D eigenvalue weighted by Crippen LogP contribution is -2.16. The molecule has 234 valence electrons. The molecule has 0 aromatic heterocycles. The predicted octanol–water partition coefficient (Wildman–Crippen LogP) is 13.8. The van der Waals surface area contributed by atoms with Crippen LogP contribution in [0, 0.1) is 0 Å². The molecule has 10 aromatic carbocycles. The highest BCUT2D eigenvalue weighted by atomic mass is 15.1. The SMILES string of the molecule is CC1(C)c2ccccc2-c2ccc(N(c3ccccc3)c3cc4cccc5c6cccc7ccc8cccc(c9cccc3c9c45)c8c76)cc21. The lowest BCUT2D eigenvalue weighted by Gasteiger charge is -2.30. The third-order valence-electron chi connectivity index (χ3n) is 11.5. The van der Waals surface area contributed by atoms with Gasteiger partial charge in [-0.2, -0.15) is 0 Å². The molecule has 0 saturated heterocycles. The molecule has 10 aromatic rings. The molecule has 0 fully saturated rings. The number of benzene rings is 9. The van der Waals surface area contributed by atoms with Gasteiger partial charge in [0.2, 0.25) is 0 Å². The molecule has 11 rings (SSSR count). The predicted molar refractivity (Wildman–Crippen MR) is 215 cm³/mol. The summed E-state index contributed by atoms with van der Waals surface area (Å²) in [6.07, 6.45) is 0. The standard InChI is InChI=1S/C49H33N/c1-49(2)42-23-7-6-17-35(42)36-27-26-34(29-43(36)49)50(33-15-4-3-5-16-33)44-28-32-14-10-20-38-37-18-8-12-30-24-25-31-13-9-19-39(46(31)45(30)37)40-21-11-22-41(44)48(40)47(32)38/h3-29H,1-2H3. The van der Waals surface area contributed by atoms with Gasteiger partial charge in [0.1, 0.15) is 0 Å². The number of anilines is 3. The zero-order valence-electron chi connectivity index (χ0n) is 28.0. The summed E-state index contributed by atoms with van der Waals surface area (Å²) >= 11 is 0. The topological polar surface area (TPSA) is 3.24 Å². The highest BCUT2D eigenvalue weighted by Gasteiger charge is 2.36. The molecule has 0 atom stereocenters. The van der Waals surface area contributed by atoms with Gasteiger partial charge in [0.25, 0.3) is 0 Å². The molecule has 1 heteroatoms. The van der Waals surface area contributed by atoms with Crippen LogP contribution in [0.5, 0.6) is 0 Å². The average molecular weight is 636 g/mol. The summed E-state index contributed by atoms with van der Waals surface area (Å²) in [6.45, 7) is 4.73. The van der Waals surface area contributed by atoms with Crippen LogP contribution in [-0.2, 0) is 5.41 Å². The molecule has 50 heavy (non-hydrogen) atoms. The normalized spacial score (nSPS) is 13.6. The van der Waals surface area contributed by atoms with Crippen LogP contribution in [0.1, 0.15) is 25.0 Å². The number of nitrogens with zero attached hydrogens (tertiary/aromatic N) is 1. The van der Waals surface area contributed by atoms with Gasteiger partial charge in [0, 0.05) is 27.6 Å². The second kappa shape index (κ2) is 9.94. The van der Waals surface area contributed by atoms with Gasteiger partial charge in [0.15, 0.2) is 0 Å². The van der Waals surface area contributed by atoms with Crippen molar-refractivity contribution in [3.8, 4) is 11.1 Å². The molecule has 0 spiro atoms. The van der Waals surface area contributed by atoms with Crippen LogP contribution < -0.4 is 4.90 Å². The van der Waals surface area contributed by atoms with Crippen LogP contribution in [0.15, 0.2) is 164 Å². The van der Waals surface area contributed by atoms with Crippen molar-refractivity contribution >= 4 is 81.7 Å². The Morgan fingerprint density at radius 1 is 0.360 bits per heavy atom. The summed E-state index contributed by atoms with van der Waals surface area (Å²) in [7, 11) is 0. The minimum atomic E-state index is -0.0953. The van der Waals surface area contributed by atoms with Gasteiger partial charge < -0.3 is 4.90 Å². The van der Waals surface area contributed by atoms with Crippen LogP contribution >= 0.6 is 0 Å². The first-order chi connectivity index (χ1) is 24.6. The molecule has 1 aliphatic carbocycles. The minimum Gasteiger partial charge on any atom is -0.310 e. The van der Waals surface area contributed by atoms with Crippen LogP contribution in [-0.4, -0.2) is 0 Å². The molecule has 1 nitrogen and oxygen atoms in total. The highest BCUT2D eigenvalue weighted by molar-refractivity contribution is 6.38. The van der Waals surface area contributed by atoms with E-state index in [0.717, 1.165) is 5.69 Å². The number of rotatable bonds is 3. The van der Waals surface area contributed by atoms with E-state index in [2.05, 4.69) is 183 Å². The van der Waals surface area contributed by atoms with Gasteiger partial charge in [-0.05, 0) is 106 Å². The first-order valence-electron chi connectivity index (χ1n) is 17.6. The van der Waals surface area contributed by atoms with Crippen molar-refractivity contribution in [1.82, 2.24) is 0 Å². The van der Waals surface area contributed by atoms with Gasteiger partial charge in [-0.25, -0.2) is 0 Å². The fourth-order valence-electron chi connectivity index (χ4n) is 9.30. The van der Waals surface area contributed by atoms with Crippen LogP contribution in [0.3, 0.4) is 0 Å². The number of fused-ring (bicyclic) bond motifs is 5. The monoisotopic (exact) mass is 635 g/mol. The lowest BCUT2D eigenvalue weighted by molar-refractivity contribution is 0.660. The molecule has 0 saturated carbocycles. The average Bonchev–Trinajstić information content (AvgIpc) is 3.39. The second-order valence-corrected chi connectivity index (χ2v) is 14.5. The quantitative estimate of drug-likeness (QED) is 0.175. The maximum absolute atomic E-state index is 2.48. The first-order valence-corrected chi connectivity index (χ1v) is 17.6. The number of hydrogen-bond acceptors (Lipinski definition) is 1. The van der Waals surface area contributed by atoms with Crippen molar-refractivity contribution in [2.75, 3.05) is 4.90 Å². The molecular weight excluding hydrogens is 603 g/mol. The Balaban J connectivity index is 1.30. The first kappa shape index (κ1) is 27.7. The second-order valence-electron chi connectivity index (χ2n) is 14.5. The zero-order chi connectivity index (χ0) is 33.1. The maximum Gasteiger partial charge on any atom is 0.0546 e. The largest absolute Gasteiger partial charge is 0.310 e. The summed E-state index contributed by atoms with van der Waals surface area (Å²) < 4.78 is 0. The molecule has 0 heterocycles. The number of hydrogen-bond donors (Lipinski definition) is 0. The molecule has 0 bridgehead atoms. The summed E-state index contributed by atoms with van der Waals surface area (Å²) in [4.78, 5) is 2.48. The van der Waals surface area contributed by atoms with Gasteiger partial charge >= 0.3 is 0 Å². The van der Waals surface area contributed by atoms with Crippen LogP contribution in [0.25, 0.3) is 75.8 Å². The van der Waals surface area contributed by atoms with Crippen molar-refractivity contribution in [3.63, 3.8) is 0 Å². The minimum absolute atomic E-state index is 0.0953. The Kier molecular flexibility index (Phi) is 5.51. The Bertz CT molecular complexity index is 3000. The third-order valence-corrected chi connectivity index (χ3v) is 11.5. The Morgan fingerprint density at radius 2 is 0.900 bits per heavy atom. The molecular formula is C49H33N. The van der Waals surface area contributed by atoms with Gasteiger partial charge in [0.05, 0.1) is 5.69 Å². The van der Waals surface area contributed by atoms with E-state index >= 15 is 0 Å². The Labute approximate surface area is 291 Å². The fourth-order valence-corrected chi connectivity index (χ4v) is 9.30. The fraction of sp³-hybridized carbons (Fsp3) is 0.0612. The number of para-hydroxylation sites is 1. The van der Waals surface area contributed by atoms with Crippen LogP contribution in [0.2, 0.25) is 0 Å².